The van der Waals surface area contributed by atoms with E-state index in [-0.39, 0.29) is 18.8 Å². The van der Waals surface area contributed by atoms with Gasteiger partial charge in [0.15, 0.2) is 12.2 Å². The minimum Gasteiger partial charge on any atom is -0.380 e. The molecule has 2 unspecified atom stereocenters. The van der Waals surface area contributed by atoms with Crippen LogP contribution in [-0.2, 0) is 22.7 Å². The third-order valence-electron chi connectivity index (χ3n) is 7.45. The molecule has 9 heteroatoms. The van der Waals surface area contributed by atoms with Gasteiger partial charge in [-0.15, -0.1) is 0 Å². The molecule has 3 aromatic carbocycles. The molecule has 3 aromatic rings. The van der Waals surface area contributed by atoms with Crippen molar-refractivity contribution in [3.63, 3.8) is 0 Å². The number of rotatable bonds is 8. The molecule has 2 aliphatic rings. The Morgan fingerprint density at radius 1 is 1.03 bits per heavy atom. The van der Waals surface area contributed by atoms with Gasteiger partial charge in [-0.1, -0.05) is 60.1 Å². The van der Waals surface area contributed by atoms with Gasteiger partial charge in [-0.05, 0) is 60.7 Å². The summed E-state index contributed by atoms with van der Waals surface area (Å²) >= 11 is 6.12. The molecule has 5 rings (SSSR count). The van der Waals surface area contributed by atoms with E-state index >= 15 is 0 Å². The Morgan fingerprint density at radius 3 is 2.62 bits per heavy atom. The zero-order valence-corrected chi connectivity index (χ0v) is 22.5. The molecule has 0 spiro atoms. The van der Waals surface area contributed by atoms with Crippen LogP contribution >= 0.6 is 11.6 Å². The maximum Gasteiger partial charge on any atom is 0.255 e. The van der Waals surface area contributed by atoms with Gasteiger partial charge < -0.3 is 30.6 Å². The molecule has 4 atom stereocenters. The maximum absolute atomic E-state index is 13.1. The fraction of sp³-hybridized carbons (Fsp3) is 0.333. The molecule has 0 bridgehead atoms. The first-order chi connectivity index (χ1) is 18.8. The largest absolute Gasteiger partial charge is 0.380 e. The van der Waals surface area contributed by atoms with Gasteiger partial charge in [0.05, 0.1) is 23.6 Å². The summed E-state index contributed by atoms with van der Waals surface area (Å²) in [4.78, 5) is 29.5. The van der Waals surface area contributed by atoms with Crippen LogP contribution in [0.15, 0.2) is 72.8 Å². The van der Waals surface area contributed by atoms with Crippen LogP contribution in [0.3, 0.4) is 0 Å². The number of aliphatic hydroxyl groups is 2. The molecular formula is C30H33ClN4O4. The number of anilines is 2. The number of aliphatic hydroxyl groups excluding tert-OH is 2. The van der Waals surface area contributed by atoms with Crippen molar-refractivity contribution in [2.75, 3.05) is 16.8 Å². The van der Waals surface area contributed by atoms with Gasteiger partial charge in [0, 0.05) is 24.7 Å². The van der Waals surface area contributed by atoms with Crippen molar-refractivity contribution in [2.45, 2.75) is 57.3 Å². The second-order valence-electron chi connectivity index (χ2n) is 10.1. The van der Waals surface area contributed by atoms with E-state index in [0.29, 0.717) is 18.1 Å². The van der Waals surface area contributed by atoms with Crippen molar-refractivity contribution >= 4 is 34.8 Å². The van der Waals surface area contributed by atoms with Crippen molar-refractivity contribution in [1.29, 1.82) is 0 Å². The highest BCUT2D eigenvalue weighted by Gasteiger charge is 2.38. The Bertz CT molecular complexity index is 1350. The minimum absolute atomic E-state index is 0.147. The summed E-state index contributed by atoms with van der Waals surface area (Å²) in [5.41, 5.74) is 5.03. The monoisotopic (exact) mass is 548 g/mol. The van der Waals surface area contributed by atoms with Crippen LogP contribution in [-0.4, -0.2) is 51.8 Å². The molecule has 2 heterocycles. The quantitative estimate of drug-likeness (QED) is 0.341. The molecule has 8 nitrogen and oxygen atoms in total. The smallest absolute Gasteiger partial charge is 0.255 e. The maximum atomic E-state index is 13.1. The predicted molar refractivity (Wildman–Crippen MR) is 151 cm³/mol. The Labute approximate surface area is 233 Å². The number of fused-ring (bicyclic) bond motifs is 1. The van der Waals surface area contributed by atoms with Gasteiger partial charge >= 0.3 is 0 Å². The first-order valence-corrected chi connectivity index (χ1v) is 13.6. The zero-order valence-electron chi connectivity index (χ0n) is 21.8. The number of para-hydroxylation sites is 2. The van der Waals surface area contributed by atoms with Gasteiger partial charge in [-0.2, -0.15) is 0 Å². The minimum atomic E-state index is -1.88. The number of carbonyl (C=O) groups excluding carboxylic acids is 2. The number of hydrogen-bond donors (Lipinski definition) is 4. The van der Waals surface area contributed by atoms with Gasteiger partial charge in [0.2, 0.25) is 0 Å². The van der Waals surface area contributed by atoms with Crippen LogP contribution in [0, 0.1) is 0 Å². The molecule has 0 saturated carbocycles. The number of benzene rings is 3. The van der Waals surface area contributed by atoms with Crippen molar-refractivity contribution in [3.05, 3.63) is 94.5 Å². The highest BCUT2D eigenvalue weighted by molar-refractivity contribution is 6.30. The summed E-state index contributed by atoms with van der Waals surface area (Å²) in [6.07, 6.45) is -2.12. The third kappa shape index (κ3) is 5.88. The second-order valence-corrected chi connectivity index (χ2v) is 10.6. The average molecular weight is 549 g/mol. The Morgan fingerprint density at radius 2 is 1.79 bits per heavy atom. The van der Waals surface area contributed by atoms with Crippen molar-refractivity contribution in [1.82, 2.24) is 10.2 Å². The van der Waals surface area contributed by atoms with Crippen LogP contribution in [0.1, 0.15) is 42.5 Å². The summed E-state index contributed by atoms with van der Waals surface area (Å²) < 4.78 is 0. The normalized spacial score (nSPS) is 19.8. The first kappa shape index (κ1) is 27.0. The second kappa shape index (κ2) is 11.7. The zero-order chi connectivity index (χ0) is 27.5. The van der Waals surface area contributed by atoms with Crippen LogP contribution in [0.4, 0.5) is 11.4 Å². The molecular weight excluding hydrogens is 516 g/mol. The lowest BCUT2D eigenvalue weighted by atomic mass is 10.0. The summed E-state index contributed by atoms with van der Waals surface area (Å²) in [5.74, 6) is -1.47. The Kier molecular flexibility index (Phi) is 8.07. The van der Waals surface area contributed by atoms with E-state index in [0.717, 1.165) is 40.9 Å². The molecule has 1 fully saturated rings. The standard InChI is InChI=1S/C30H33ClN4O4/c1-19-33-24-11-2-3-12-26(24)35(19)18-21-8-4-7-20(15-21)17-32-29(38)27(36)28(37)30(39)34-14-6-13-25(34)22-9-5-10-23(31)16-22/h2-5,7-12,15-16,19,25,27-28,33,36-37H,6,13-14,17-18H2,1H3,(H,32,38)/t19?,25?,27-,28-/m1/s1. The van der Waals surface area contributed by atoms with E-state index < -0.39 is 24.0 Å². The number of nitrogens with one attached hydrogen (secondary N) is 2. The topological polar surface area (TPSA) is 105 Å². The molecule has 0 aromatic heterocycles. The Balaban J connectivity index is 1.18. The van der Waals surface area contributed by atoms with Crippen LogP contribution in [0.25, 0.3) is 0 Å². The van der Waals surface area contributed by atoms with E-state index in [4.69, 9.17) is 11.6 Å². The molecule has 1 saturated heterocycles. The third-order valence-corrected chi connectivity index (χ3v) is 7.68. The summed E-state index contributed by atoms with van der Waals surface area (Å²) in [7, 11) is 0. The molecule has 0 aliphatic carbocycles. The summed E-state index contributed by atoms with van der Waals surface area (Å²) in [5, 5.41) is 27.8. The van der Waals surface area contributed by atoms with Gasteiger partial charge in [0.25, 0.3) is 11.8 Å². The number of amides is 2. The highest BCUT2D eigenvalue weighted by Crippen LogP contribution is 2.35. The fourth-order valence-corrected chi connectivity index (χ4v) is 5.65. The number of carbonyl (C=O) groups is 2. The van der Waals surface area contributed by atoms with Crippen molar-refractivity contribution in [2.24, 2.45) is 0 Å². The van der Waals surface area contributed by atoms with Crippen LogP contribution in [0.2, 0.25) is 5.02 Å². The molecule has 2 aliphatic heterocycles. The van der Waals surface area contributed by atoms with Crippen LogP contribution < -0.4 is 15.5 Å². The van der Waals surface area contributed by atoms with Crippen molar-refractivity contribution < 1.29 is 19.8 Å². The lowest BCUT2D eigenvalue weighted by Crippen LogP contribution is -2.50. The molecule has 2 amide bonds. The van der Waals surface area contributed by atoms with Gasteiger partial charge in [-0.3, -0.25) is 9.59 Å². The summed E-state index contributed by atoms with van der Waals surface area (Å²) in [6.45, 7) is 3.39. The molecule has 39 heavy (non-hydrogen) atoms. The number of hydrogen-bond acceptors (Lipinski definition) is 6. The van der Waals surface area contributed by atoms with Crippen molar-refractivity contribution in [3.8, 4) is 0 Å². The van der Waals surface area contributed by atoms with Crippen LogP contribution in [0.5, 0.6) is 0 Å². The van der Waals surface area contributed by atoms with Gasteiger partial charge in [-0.25, -0.2) is 0 Å². The van der Waals surface area contributed by atoms with E-state index in [9.17, 15) is 19.8 Å². The van der Waals surface area contributed by atoms with Gasteiger partial charge in [0.1, 0.15) is 0 Å². The summed E-state index contributed by atoms with van der Waals surface area (Å²) in [6, 6.07) is 23.0. The Hall–Kier alpha value is -3.59. The van der Waals surface area contributed by atoms with E-state index in [1.165, 1.54) is 4.90 Å². The van der Waals surface area contributed by atoms with E-state index in [2.05, 4.69) is 34.6 Å². The molecule has 4 N–H and O–H groups in total. The fourth-order valence-electron chi connectivity index (χ4n) is 5.45. The SMILES string of the molecule is CC1Nc2ccccc2N1Cc1cccc(CNC(=O)[C@H](O)[C@@H](O)C(=O)N2CCCC2c2cccc(Cl)c2)c1. The van der Waals surface area contributed by atoms with E-state index in [1.807, 2.05) is 48.5 Å². The first-order valence-electron chi connectivity index (χ1n) is 13.2. The number of likely N-dealkylation sites (tertiary alicyclic amines) is 1. The highest BCUT2D eigenvalue weighted by atomic mass is 35.5. The predicted octanol–water partition coefficient (Wildman–Crippen LogP) is 3.82. The lowest BCUT2D eigenvalue weighted by Gasteiger charge is -2.28. The number of halogens is 1. The lowest BCUT2D eigenvalue weighted by molar-refractivity contribution is -0.153. The molecule has 0 radical (unpaired) electrons. The molecule has 204 valence electrons. The average Bonchev–Trinajstić information content (AvgIpc) is 3.55. The number of nitrogens with zero attached hydrogens (tertiary/aromatic N) is 2. The van der Waals surface area contributed by atoms with E-state index in [1.54, 1.807) is 12.1 Å².